The number of fused-ring (bicyclic) bond motifs is 1. The van der Waals surface area contributed by atoms with Gasteiger partial charge in [0.25, 0.3) is 0 Å². The van der Waals surface area contributed by atoms with Crippen molar-refractivity contribution in [3.63, 3.8) is 0 Å². The third kappa shape index (κ3) is 3.13. The van der Waals surface area contributed by atoms with Crippen molar-refractivity contribution in [3.8, 4) is 0 Å². The Hall–Kier alpha value is -2.56. The van der Waals surface area contributed by atoms with Gasteiger partial charge >= 0.3 is 5.97 Å². The molecule has 2 atom stereocenters. The average molecular weight is 312 g/mol. The van der Waals surface area contributed by atoms with Crippen LogP contribution < -0.4 is 0 Å². The molecule has 23 heavy (non-hydrogen) atoms. The van der Waals surface area contributed by atoms with Crippen LogP contribution in [0, 0.1) is 0 Å². The van der Waals surface area contributed by atoms with Gasteiger partial charge in [0.2, 0.25) is 5.91 Å². The van der Waals surface area contributed by atoms with Gasteiger partial charge in [-0.25, -0.2) is 4.79 Å². The quantitative estimate of drug-likeness (QED) is 0.943. The van der Waals surface area contributed by atoms with E-state index in [2.05, 4.69) is 0 Å². The predicted octanol–water partition coefficient (Wildman–Crippen LogP) is 2.48. The third-order valence-corrected chi connectivity index (χ3v) is 4.46. The minimum absolute atomic E-state index is 0.00381. The lowest BCUT2D eigenvalue weighted by molar-refractivity contribution is -0.151. The third-order valence-electron chi connectivity index (χ3n) is 4.46. The maximum absolute atomic E-state index is 12.7. The van der Waals surface area contributed by atoms with E-state index in [9.17, 15) is 14.7 Å². The minimum Gasteiger partial charge on any atom is -0.480 e. The second kappa shape index (κ2) is 6.28. The molecule has 0 spiro atoms. The molecule has 1 N–H and O–H groups in total. The van der Waals surface area contributed by atoms with Crippen LogP contribution in [0.1, 0.15) is 30.5 Å². The molecule has 1 aliphatic rings. The predicted molar refractivity (Wildman–Crippen MR) is 85.9 cm³/mol. The summed E-state index contributed by atoms with van der Waals surface area (Å²) in [6.45, 7) is 2.33. The minimum atomic E-state index is -0.943. The Bertz CT molecular complexity index is 709. The number of nitrogens with zero attached hydrogens (tertiary/aromatic N) is 2. The fraction of sp³-hybridized carbons (Fsp3) is 0.333. The van der Waals surface area contributed by atoms with Gasteiger partial charge in [0.05, 0.1) is 0 Å². The summed E-state index contributed by atoms with van der Waals surface area (Å²) < 4.78 is 1.96. The van der Waals surface area contributed by atoms with E-state index in [0.29, 0.717) is 19.4 Å². The molecule has 2 heterocycles. The number of carbonyl (C=O) groups excluding carboxylic acids is 1. The van der Waals surface area contributed by atoms with Gasteiger partial charge in [-0.3, -0.25) is 4.79 Å². The number of carbonyl (C=O) groups is 2. The molecular formula is C18H20N2O3. The highest BCUT2D eigenvalue weighted by Crippen LogP contribution is 2.25. The summed E-state index contributed by atoms with van der Waals surface area (Å²) in [4.78, 5) is 25.8. The van der Waals surface area contributed by atoms with Gasteiger partial charge in [0.15, 0.2) is 0 Å². The molecule has 1 aromatic heterocycles. The Balaban J connectivity index is 1.79. The number of aromatic nitrogens is 1. The summed E-state index contributed by atoms with van der Waals surface area (Å²) >= 11 is 0. The monoisotopic (exact) mass is 312 g/mol. The van der Waals surface area contributed by atoms with Crippen LogP contribution in [0.5, 0.6) is 0 Å². The number of carboxylic acid groups (broad SMARTS) is 1. The fourth-order valence-electron chi connectivity index (χ4n) is 3.12. The van der Waals surface area contributed by atoms with Crippen molar-refractivity contribution >= 4 is 11.9 Å². The molecule has 3 rings (SSSR count). The van der Waals surface area contributed by atoms with E-state index in [-0.39, 0.29) is 11.9 Å². The van der Waals surface area contributed by atoms with Gasteiger partial charge in [0, 0.05) is 37.8 Å². The van der Waals surface area contributed by atoms with Crippen LogP contribution in [-0.2, 0) is 22.6 Å². The molecule has 5 nitrogen and oxygen atoms in total. The average Bonchev–Trinajstić information content (AvgIpc) is 3.08. The molecule has 0 unspecified atom stereocenters. The molecule has 1 amide bonds. The lowest BCUT2D eigenvalue weighted by Gasteiger charge is -2.35. The smallest absolute Gasteiger partial charge is 0.326 e. The summed E-state index contributed by atoms with van der Waals surface area (Å²) in [7, 11) is 0. The van der Waals surface area contributed by atoms with Crippen molar-refractivity contribution in [1.29, 1.82) is 0 Å². The zero-order valence-electron chi connectivity index (χ0n) is 13.1. The van der Waals surface area contributed by atoms with E-state index in [1.807, 2.05) is 60.3 Å². The van der Waals surface area contributed by atoms with Gasteiger partial charge in [-0.15, -0.1) is 0 Å². The van der Waals surface area contributed by atoms with E-state index >= 15 is 0 Å². The van der Waals surface area contributed by atoms with Crippen LogP contribution >= 0.6 is 0 Å². The first kappa shape index (κ1) is 15.3. The number of aliphatic carboxylic acids is 1. The van der Waals surface area contributed by atoms with Crippen LogP contribution in [0.3, 0.4) is 0 Å². The molecule has 0 aliphatic carbocycles. The highest BCUT2D eigenvalue weighted by Gasteiger charge is 2.34. The van der Waals surface area contributed by atoms with E-state index in [1.165, 1.54) is 4.90 Å². The van der Waals surface area contributed by atoms with Crippen molar-refractivity contribution in [2.45, 2.75) is 38.4 Å². The number of hydrogen-bond donors (Lipinski definition) is 1. The largest absolute Gasteiger partial charge is 0.480 e. The summed E-state index contributed by atoms with van der Waals surface area (Å²) in [6, 6.07) is 10.8. The zero-order valence-corrected chi connectivity index (χ0v) is 13.1. The van der Waals surface area contributed by atoms with Crippen molar-refractivity contribution in [2.75, 3.05) is 0 Å². The van der Waals surface area contributed by atoms with Gasteiger partial charge in [-0.05, 0) is 30.2 Å². The number of hydrogen-bond acceptors (Lipinski definition) is 2. The Labute approximate surface area is 135 Å². The molecule has 0 bridgehead atoms. The second-order valence-electron chi connectivity index (χ2n) is 6.03. The molecule has 0 saturated heterocycles. The SMILES string of the molecule is C[C@@H](CC(=O)N1Cc2ccccc2C[C@@H]1C(=O)O)n1cccc1. The van der Waals surface area contributed by atoms with Gasteiger partial charge < -0.3 is 14.6 Å². The van der Waals surface area contributed by atoms with Crippen LogP contribution in [0.2, 0.25) is 0 Å². The van der Waals surface area contributed by atoms with E-state index < -0.39 is 12.0 Å². The van der Waals surface area contributed by atoms with E-state index in [4.69, 9.17) is 0 Å². The van der Waals surface area contributed by atoms with E-state index in [0.717, 1.165) is 11.1 Å². The molecule has 0 saturated carbocycles. The molecule has 0 fully saturated rings. The number of benzene rings is 1. The van der Waals surface area contributed by atoms with E-state index in [1.54, 1.807) is 0 Å². The molecule has 120 valence electrons. The molecule has 0 radical (unpaired) electrons. The van der Waals surface area contributed by atoms with Crippen LogP contribution in [0.4, 0.5) is 0 Å². The van der Waals surface area contributed by atoms with Crippen LogP contribution in [0.15, 0.2) is 48.8 Å². The lowest BCUT2D eigenvalue weighted by atomic mass is 9.93. The highest BCUT2D eigenvalue weighted by atomic mass is 16.4. The van der Waals surface area contributed by atoms with Gasteiger partial charge in [-0.2, -0.15) is 0 Å². The first-order chi connectivity index (χ1) is 11.1. The summed E-state index contributed by atoms with van der Waals surface area (Å²) in [5.74, 6) is -1.06. The van der Waals surface area contributed by atoms with Crippen molar-refractivity contribution in [3.05, 3.63) is 59.9 Å². The number of rotatable bonds is 4. The normalized spacial score (nSPS) is 18.3. The Kier molecular flexibility index (Phi) is 4.19. The first-order valence-corrected chi connectivity index (χ1v) is 7.78. The standard InChI is InChI=1S/C18H20N2O3/c1-13(19-8-4-5-9-19)10-17(21)20-12-15-7-3-2-6-14(15)11-16(20)18(22)23/h2-9,13,16H,10-12H2,1H3,(H,22,23)/t13-,16+/m0/s1. The number of carboxylic acids is 1. The summed E-state index contributed by atoms with van der Waals surface area (Å²) in [5, 5.41) is 9.50. The zero-order chi connectivity index (χ0) is 16.4. The Morgan fingerprint density at radius 3 is 2.48 bits per heavy atom. The van der Waals surface area contributed by atoms with Crippen molar-refractivity contribution in [2.24, 2.45) is 0 Å². The second-order valence-corrected chi connectivity index (χ2v) is 6.03. The lowest BCUT2D eigenvalue weighted by Crippen LogP contribution is -2.49. The topological polar surface area (TPSA) is 62.5 Å². The fourth-order valence-corrected chi connectivity index (χ4v) is 3.12. The maximum Gasteiger partial charge on any atom is 0.326 e. The van der Waals surface area contributed by atoms with Gasteiger partial charge in [0.1, 0.15) is 6.04 Å². The summed E-state index contributed by atoms with van der Waals surface area (Å²) in [6.07, 6.45) is 4.49. The van der Waals surface area contributed by atoms with Crippen LogP contribution in [0.25, 0.3) is 0 Å². The molecule has 2 aromatic rings. The Morgan fingerprint density at radius 2 is 1.83 bits per heavy atom. The van der Waals surface area contributed by atoms with Crippen molar-refractivity contribution in [1.82, 2.24) is 9.47 Å². The molecule has 5 heteroatoms. The van der Waals surface area contributed by atoms with Crippen LogP contribution in [-0.4, -0.2) is 32.5 Å². The summed E-state index contributed by atoms with van der Waals surface area (Å²) in [5.41, 5.74) is 2.05. The van der Waals surface area contributed by atoms with Crippen molar-refractivity contribution < 1.29 is 14.7 Å². The molecule has 1 aromatic carbocycles. The Morgan fingerprint density at radius 1 is 1.17 bits per heavy atom. The molecular weight excluding hydrogens is 292 g/mol. The van der Waals surface area contributed by atoms with Gasteiger partial charge in [-0.1, -0.05) is 24.3 Å². The number of amides is 1. The maximum atomic E-state index is 12.7. The molecule has 1 aliphatic heterocycles. The highest BCUT2D eigenvalue weighted by molar-refractivity contribution is 5.84. The first-order valence-electron chi connectivity index (χ1n) is 7.78.